The molecule has 0 saturated carbocycles. The number of carbonyl (C=O) groups excluding carboxylic acids is 1. The monoisotopic (exact) mass is 278 g/mol. The van der Waals surface area contributed by atoms with E-state index in [1.165, 1.54) is 0 Å². The first-order chi connectivity index (χ1) is 9.40. The van der Waals surface area contributed by atoms with E-state index in [4.69, 9.17) is 0 Å². The number of carbonyl (C=O) groups is 1. The number of halogens is 2. The molecule has 3 nitrogen and oxygen atoms in total. The van der Waals surface area contributed by atoms with E-state index in [0.717, 1.165) is 35.2 Å². The van der Waals surface area contributed by atoms with Crippen molar-refractivity contribution in [1.29, 1.82) is 0 Å². The Hall–Kier alpha value is -2.04. The van der Waals surface area contributed by atoms with Crippen molar-refractivity contribution in [2.24, 2.45) is 7.05 Å². The van der Waals surface area contributed by atoms with Crippen LogP contribution in [0.2, 0.25) is 0 Å². The van der Waals surface area contributed by atoms with E-state index < -0.39 is 17.4 Å². The molecule has 20 heavy (non-hydrogen) atoms. The minimum atomic E-state index is -0.684. The minimum absolute atomic E-state index is 0.133. The highest BCUT2D eigenvalue weighted by Gasteiger charge is 2.15. The van der Waals surface area contributed by atoms with Gasteiger partial charge < -0.3 is 0 Å². The van der Waals surface area contributed by atoms with Crippen LogP contribution in [-0.4, -0.2) is 15.6 Å². The third kappa shape index (κ3) is 2.76. The van der Waals surface area contributed by atoms with Gasteiger partial charge in [-0.15, -0.1) is 0 Å². The van der Waals surface area contributed by atoms with Gasteiger partial charge in [0.15, 0.2) is 5.78 Å². The molecular formula is C15H16F2N2O. The highest BCUT2D eigenvalue weighted by atomic mass is 19.1. The summed E-state index contributed by atoms with van der Waals surface area (Å²) in [5.74, 6) is -1.69. The molecule has 2 rings (SSSR count). The zero-order valence-electron chi connectivity index (χ0n) is 11.7. The second-order valence-corrected chi connectivity index (χ2v) is 4.82. The number of benzene rings is 1. The molecule has 0 unspecified atom stereocenters. The third-order valence-electron chi connectivity index (χ3n) is 3.49. The van der Waals surface area contributed by atoms with Gasteiger partial charge in [0, 0.05) is 19.2 Å². The number of aromatic nitrogens is 2. The molecule has 106 valence electrons. The van der Waals surface area contributed by atoms with Crippen molar-refractivity contribution in [3.8, 4) is 0 Å². The molecular weight excluding hydrogens is 262 g/mol. The lowest BCUT2D eigenvalue weighted by atomic mass is 10.0. The Balaban J connectivity index is 2.15. The highest BCUT2D eigenvalue weighted by molar-refractivity contribution is 5.96. The summed E-state index contributed by atoms with van der Waals surface area (Å²) in [4.78, 5) is 12.0. The van der Waals surface area contributed by atoms with Gasteiger partial charge in [0.2, 0.25) is 0 Å². The van der Waals surface area contributed by atoms with Crippen LogP contribution >= 0.6 is 0 Å². The van der Waals surface area contributed by atoms with E-state index in [2.05, 4.69) is 5.10 Å². The molecule has 0 aliphatic rings. The molecule has 0 aliphatic heterocycles. The lowest BCUT2D eigenvalue weighted by Gasteiger charge is -2.04. The lowest BCUT2D eigenvalue weighted by molar-refractivity contribution is 0.0978. The molecule has 0 amide bonds. The molecule has 0 saturated heterocycles. The number of ketones is 1. The van der Waals surface area contributed by atoms with Crippen LogP contribution in [0, 0.1) is 25.5 Å². The van der Waals surface area contributed by atoms with Gasteiger partial charge in [-0.25, -0.2) is 8.78 Å². The molecule has 0 radical (unpaired) electrons. The van der Waals surface area contributed by atoms with Gasteiger partial charge in [0.25, 0.3) is 0 Å². The molecule has 1 aromatic heterocycles. The Labute approximate surface area is 116 Å². The number of nitrogens with zero attached hydrogens (tertiary/aromatic N) is 2. The summed E-state index contributed by atoms with van der Waals surface area (Å²) in [6.45, 7) is 3.79. The van der Waals surface area contributed by atoms with Gasteiger partial charge in [-0.05, 0) is 44.0 Å². The van der Waals surface area contributed by atoms with Crippen LogP contribution in [-0.2, 0) is 13.5 Å². The largest absolute Gasteiger partial charge is 0.294 e. The molecule has 0 N–H and O–H groups in total. The zero-order chi connectivity index (χ0) is 14.9. The molecule has 2 aromatic rings. The summed E-state index contributed by atoms with van der Waals surface area (Å²) in [6, 6.07) is 2.92. The Kier molecular flexibility index (Phi) is 3.97. The fourth-order valence-corrected chi connectivity index (χ4v) is 2.26. The zero-order valence-corrected chi connectivity index (χ0v) is 11.7. The first-order valence-electron chi connectivity index (χ1n) is 6.37. The van der Waals surface area contributed by atoms with Gasteiger partial charge in [-0.2, -0.15) is 5.10 Å². The van der Waals surface area contributed by atoms with Crippen LogP contribution in [0.5, 0.6) is 0 Å². The minimum Gasteiger partial charge on any atom is -0.294 e. The van der Waals surface area contributed by atoms with E-state index in [1.54, 1.807) is 4.68 Å². The number of Topliss-reactive ketones (excluding diaryl/α,β-unsaturated/α-hetero) is 1. The molecule has 0 aliphatic carbocycles. The van der Waals surface area contributed by atoms with Crippen LogP contribution in [0.1, 0.15) is 33.7 Å². The van der Waals surface area contributed by atoms with Crippen LogP contribution < -0.4 is 0 Å². The summed E-state index contributed by atoms with van der Waals surface area (Å²) in [5, 5.41) is 4.26. The van der Waals surface area contributed by atoms with Crippen LogP contribution in [0.4, 0.5) is 8.78 Å². The third-order valence-corrected chi connectivity index (χ3v) is 3.49. The Bertz CT molecular complexity index is 662. The molecule has 0 bridgehead atoms. The normalized spacial score (nSPS) is 10.8. The van der Waals surface area contributed by atoms with Crippen molar-refractivity contribution in [1.82, 2.24) is 9.78 Å². The van der Waals surface area contributed by atoms with Gasteiger partial charge in [0.1, 0.15) is 11.6 Å². The van der Waals surface area contributed by atoms with Gasteiger partial charge in [-0.1, -0.05) is 0 Å². The van der Waals surface area contributed by atoms with Crippen LogP contribution in [0.25, 0.3) is 0 Å². The predicted octanol–water partition coefficient (Wildman–Crippen LogP) is 3.13. The summed E-state index contributed by atoms with van der Waals surface area (Å²) in [5.41, 5.74) is 2.63. The topological polar surface area (TPSA) is 34.9 Å². The van der Waals surface area contributed by atoms with E-state index >= 15 is 0 Å². The lowest BCUT2D eigenvalue weighted by Crippen LogP contribution is -2.05. The smallest absolute Gasteiger partial charge is 0.166 e. The molecule has 0 spiro atoms. The maximum absolute atomic E-state index is 13.5. The Morgan fingerprint density at radius 3 is 2.60 bits per heavy atom. The summed E-state index contributed by atoms with van der Waals surface area (Å²) < 4.78 is 28.3. The summed E-state index contributed by atoms with van der Waals surface area (Å²) in [7, 11) is 1.83. The fraction of sp³-hybridized carbons (Fsp3) is 0.333. The number of aryl methyl sites for hydroxylation is 2. The van der Waals surface area contributed by atoms with Gasteiger partial charge in [-0.3, -0.25) is 9.48 Å². The van der Waals surface area contributed by atoms with Crippen molar-refractivity contribution >= 4 is 5.78 Å². The maximum Gasteiger partial charge on any atom is 0.166 e. The van der Waals surface area contributed by atoms with Crippen molar-refractivity contribution in [2.45, 2.75) is 26.7 Å². The van der Waals surface area contributed by atoms with Crippen LogP contribution in [0.3, 0.4) is 0 Å². The first-order valence-corrected chi connectivity index (χ1v) is 6.37. The Morgan fingerprint density at radius 1 is 1.30 bits per heavy atom. The maximum atomic E-state index is 13.5. The average Bonchev–Trinajstić information content (AvgIpc) is 2.64. The van der Waals surface area contributed by atoms with Gasteiger partial charge >= 0.3 is 0 Å². The van der Waals surface area contributed by atoms with Crippen molar-refractivity contribution in [3.05, 3.63) is 52.3 Å². The molecule has 1 heterocycles. The highest BCUT2D eigenvalue weighted by Crippen LogP contribution is 2.17. The average molecular weight is 278 g/mol. The SMILES string of the molecule is Cc1nn(C)c(C)c1CCC(=O)c1cc(F)ccc1F. The molecule has 0 fully saturated rings. The predicted molar refractivity (Wildman–Crippen MR) is 71.7 cm³/mol. The van der Waals surface area contributed by atoms with Crippen molar-refractivity contribution in [3.63, 3.8) is 0 Å². The number of hydrogen-bond acceptors (Lipinski definition) is 2. The first kappa shape index (κ1) is 14.4. The fourth-order valence-electron chi connectivity index (χ4n) is 2.26. The molecule has 5 heteroatoms. The van der Waals surface area contributed by atoms with Crippen molar-refractivity contribution in [2.75, 3.05) is 0 Å². The summed E-state index contributed by atoms with van der Waals surface area (Å²) >= 11 is 0. The quantitative estimate of drug-likeness (QED) is 0.805. The summed E-state index contributed by atoms with van der Waals surface area (Å²) in [6.07, 6.45) is 0.605. The van der Waals surface area contributed by atoms with E-state index in [1.807, 2.05) is 20.9 Å². The van der Waals surface area contributed by atoms with E-state index in [0.29, 0.717) is 6.42 Å². The molecule has 0 atom stereocenters. The Morgan fingerprint density at radius 2 is 2.00 bits per heavy atom. The number of rotatable bonds is 4. The van der Waals surface area contributed by atoms with Crippen LogP contribution in [0.15, 0.2) is 18.2 Å². The second kappa shape index (κ2) is 5.53. The van der Waals surface area contributed by atoms with Crippen molar-refractivity contribution < 1.29 is 13.6 Å². The van der Waals surface area contributed by atoms with E-state index in [9.17, 15) is 13.6 Å². The molecule has 1 aromatic carbocycles. The second-order valence-electron chi connectivity index (χ2n) is 4.82. The standard InChI is InChI=1S/C15H16F2N2O/c1-9-12(10(2)19(3)18-9)5-7-15(20)13-8-11(16)4-6-14(13)17/h4,6,8H,5,7H2,1-3H3. The van der Waals surface area contributed by atoms with E-state index in [-0.39, 0.29) is 12.0 Å². The number of hydrogen-bond donors (Lipinski definition) is 0. The van der Waals surface area contributed by atoms with Gasteiger partial charge in [0.05, 0.1) is 11.3 Å².